The average Bonchev–Trinajstić information content (AvgIpc) is 2.76. The molecule has 0 bridgehead atoms. The summed E-state index contributed by atoms with van der Waals surface area (Å²) in [5, 5.41) is 14.9. The number of aliphatic hydroxyl groups excluding tert-OH is 1. The normalized spacial score (nSPS) is 15.7. The van der Waals surface area contributed by atoms with Crippen molar-refractivity contribution in [1.29, 1.82) is 0 Å². The Bertz CT molecular complexity index is 604. The summed E-state index contributed by atoms with van der Waals surface area (Å²) >= 11 is 0. The largest absolute Gasteiger partial charge is 0.493 e. The van der Waals surface area contributed by atoms with Crippen molar-refractivity contribution in [1.82, 2.24) is 9.78 Å². The van der Waals surface area contributed by atoms with Gasteiger partial charge < -0.3 is 9.84 Å². The Balaban J connectivity index is 2.04. The van der Waals surface area contributed by atoms with Crippen LogP contribution in [-0.2, 0) is 13.5 Å². The predicted octanol–water partition coefficient (Wildman–Crippen LogP) is 2.14. The second kappa shape index (κ2) is 4.70. The second-order valence-corrected chi connectivity index (χ2v) is 5.02. The van der Waals surface area contributed by atoms with Gasteiger partial charge in [0.2, 0.25) is 0 Å². The molecule has 1 aromatic heterocycles. The quantitative estimate of drug-likeness (QED) is 0.897. The van der Waals surface area contributed by atoms with Crippen LogP contribution < -0.4 is 4.74 Å². The molecule has 2 heterocycles. The molecule has 1 unspecified atom stereocenters. The molecule has 100 valence electrons. The van der Waals surface area contributed by atoms with E-state index in [9.17, 15) is 5.11 Å². The van der Waals surface area contributed by atoms with Crippen LogP contribution >= 0.6 is 0 Å². The summed E-state index contributed by atoms with van der Waals surface area (Å²) in [5.74, 6) is 0.847. The first-order valence-corrected chi connectivity index (χ1v) is 6.60. The van der Waals surface area contributed by atoms with Crippen LogP contribution in [-0.4, -0.2) is 21.5 Å². The zero-order valence-electron chi connectivity index (χ0n) is 11.3. The molecular formula is C15H18N2O2. The van der Waals surface area contributed by atoms with Crippen LogP contribution in [0.1, 0.15) is 35.0 Å². The third-order valence-electron chi connectivity index (χ3n) is 3.58. The van der Waals surface area contributed by atoms with E-state index in [1.54, 1.807) is 4.68 Å². The molecule has 19 heavy (non-hydrogen) atoms. The van der Waals surface area contributed by atoms with E-state index < -0.39 is 6.10 Å². The number of rotatable bonds is 2. The van der Waals surface area contributed by atoms with E-state index in [1.165, 1.54) is 5.56 Å². The summed E-state index contributed by atoms with van der Waals surface area (Å²) in [4.78, 5) is 0. The second-order valence-electron chi connectivity index (χ2n) is 5.02. The maximum absolute atomic E-state index is 10.6. The van der Waals surface area contributed by atoms with Gasteiger partial charge in [-0.25, -0.2) is 0 Å². The lowest BCUT2D eigenvalue weighted by Gasteiger charge is -2.22. The smallest absolute Gasteiger partial charge is 0.128 e. The highest BCUT2D eigenvalue weighted by molar-refractivity contribution is 5.46. The van der Waals surface area contributed by atoms with Crippen molar-refractivity contribution in [2.24, 2.45) is 7.05 Å². The van der Waals surface area contributed by atoms with E-state index in [0.29, 0.717) is 0 Å². The van der Waals surface area contributed by atoms with Crippen LogP contribution in [0.5, 0.6) is 5.75 Å². The molecule has 1 atom stereocenters. The molecule has 0 radical (unpaired) electrons. The van der Waals surface area contributed by atoms with Gasteiger partial charge in [0.25, 0.3) is 0 Å². The van der Waals surface area contributed by atoms with Crippen LogP contribution in [0.2, 0.25) is 0 Å². The number of hydrogen-bond donors (Lipinski definition) is 1. The third-order valence-corrected chi connectivity index (χ3v) is 3.58. The molecule has 0 spiro atoms. The lowest BCUT2D eigenvalue weighted by Crippen LogP contribution is -2.14. The van der Waals surface area contributed by atoms with Gasteiger partial charge in [0.15, 0.2) is 0 Å². The van der Waals surface area contributed by atoms with E-state index in [1.807, 2.05) is 32.2 Å². The Hall–Kier alpha value is -1.81. The Labute approximate surface area is 112 Å². The summed E-state index contributed by atoms with van der Waals surface area (Å²) in [6.45, 7) is 2.65. The third kappa shape index (κ3) is 2.12. The zero-order valence-corrected chi connectivity index (χ0v) is 11.3. The van der Waals surface area contributed by atoms with Gasteiger partial charge in [-0.1, -0.05) is 18.2 Å². The van der Waals surface area contributed by atoms with Gasteiger partial charge in [-0.15, -0.1) is 0 Å². The van der Waals surface area contributed by atoms with Crippen LogP contribution in [0.3, 0.4) is 0 Å². The van der Waals surface area contributed by atoms with Crippen LogP contribution in [0.4, 0.5) is 0 Å². The number of benzene rings is 1. The molecule has 1 aromatic carbocycles. The first-order valence-electron chi connectivity index (χ1n) is 6.60. The number of ether oxygens (including phenoxy) is 1. The number of aliphatic hydroxyl groups is 1. The molecule has 0 saturated heterocycles. The van der Waals surface area contributed by atoms with Crippen LogP contribution in [0, 0.1) is 6.92 Å². The molecule has 1 aliphatic rings. The average molecular weight is 258 g/mol. The summed E-state index contributed by atoms with van der Waals surface area (Å²) < 4.78 is 7.48. The molecule has 0 saturated carbocycles. The maximum atomic E-state index is 10.6. The monoisotopic (exact) mass is 258 g/mol. The minimum Gasteiger partial charge on any atom is -0.493 e. The van der Waals surface area contributed by atoms with E-state index in [2.05, 4.69) is 11.2 Å². The number of aryl methyl sites for hydroxylation is 3. The first kappa shape index (κ1) is 12.2. The summed E-state index contributed by atoms with van der Waals surface area (Å²) in [5.41, 5.74) is 3.71. The highest BCUT2D eigenvalue weighted by Crippen LogP contribution is 2.35. The van der Waals surface area contributed by atoms with Gasteiger partial charge in [0, 0.05) is 12.6 Å². The zero-order chi connectivity index (χ0) is 13.4. The topological polar surface area (TPSA) is 47.3 Å². The lowest BCUT2D eigenvalue weighted by molar-refractivity contribution is 0.198. The van der Waals surface area contributed by atoms with Crippen molar-refractivity contribution in [2.45, 2.75) is 25.9 Å². The lowest BCUT2D eigenvalue weighted by atomic mass is 9.98. The van der Waals surface area contributed by atoms with Gasteiger partial charge in [-0.3, -0.25) is 4.68 Å². The van der Waals surface area contributed by atoms with Crippen molar-refractivity contribution in [3.8, 4) is 5.75 Å². The van der Waals surface area contributed by atoms with Crippen molar-refractivity contribution in [3.63, 3.8) is 0 Å². The Kier molecular flexibility index (Phi) is 3.03. The molecule has 4 heteroatoms. The van der Waals surface area contributed by atoms with Gasteiger partial charge in [0.05, 0.1) is 18.0 Å². The van der Waals surface area contributed by atoms with E-state index in [4.69, 9.17) is 4.74 Å². The molecule has 0 fully saturated rings. The Morgan fingerprint density at radius 2 is 2.26 bits per heavy atom. The highest BCUT2D eigenvalue weighted by Gasteiger charge is 2.22. The minimum absolute atomic E-state index is 0.695. The SMILES string of the molecule is Cc1cc(C(O)c2cccc3c2OCCC3)n(C)n1. The molecular weight excluding hydrogens is 240 g/mol. The Morgan fingerprint density at radius 3 is 3.00 bits per heavy atom. The number of aromatic nitrogens is 2. The summed E-state index contributed by atoms with van der Waals surface area (Å²) in [6, 6.07) is 7.89. The number of nitrogens with zero attached hydrogens (tertiary/aromatic N) is 2. The van der Waals surface area contributed by atoms with E-state index >= 15 is 0 Å². The number of para-hydroxylation sites is 1. The van der Waals surface area contributed by atoms with Crippen LogP contribution in [0.15, 0.2) is 24.3 Å². The molecule has 1 N–H and O–H groups in total. The van der Waals surface area contributed by atoms with Gasteiger partial charge in [-0.2, -0.15) is 5.10 Å². The van der Waals surface area contributed by atoms with E-state index in [0.717, 1.165) is 42.1 Å². The molecule has 0 amide bonds. The summed E-state index contributed by atoms with van der Waals surface area (Å²) in [6.07, 6.45) is 1.36. The van der Waals surface area contributed by atoms with Crippen molar-refractivity contribution >= 4 is 0 Å². The minimum atomic E-state index is -0.695. The van der Waals surface area contributed by atoms with E-state index in [-0.39, 0.29) is 0 Å². The fourth-order valence-corrected chi connectivity index (χ4v) is 2.68. The molecule has 0 aliphatic carbocycles. The number of hydrogen-bond acceptors (Lipinski definition) is 3. The molecule has 2 aromatic rings. The van der Waals surface area contributed by atoms with Gasteiger partial charge in [-0.05, 0) is 31.4 Å². The maximum Gasteiger partial charge on any atom is 0.128 e. The standard InChI is InChI=1S/C15H18N2O2/c1-10-9-13(17(2)16-10)14(18)12-7-3-5-11-6-4-8-19-15(11)12/h3,5,7,9,14,18H,4,6,8H2,1-2H3. The molecule has 1 aliphatic heterocycles. The Morgan fingerprint density at radius 1 is 1.42 bits per heavy atom. The summed E-state index contributed by atoms with van der Waals surface area (Å²) in [7, 11) is 1.85. The van der Waals surface area contributed by atoms with Crippen molar-refractivity contribution < 1.29 is 9.84 Å². The van der Waals surface area contributed by atoms with Crippen molar-refractivity contribution in [3.05, 3.63) is 46.8 Å². The first-order chi connectivity index (χ1) is 9.16. The molecule has 3 rings (SSSR count). The van der Waals surface area contributed by atoms with Gasteiger partial charge in [0.1, 0.15) is 11.9 Å². The fraction of sp³-hybridized carbons (Fsp3) is 0.400. The van der Waals surface area contributed by atoms with Crippen molar-refractivity contribution in [2.75, 3.05) is 6.61 Å². The highest BCUT2D eigenvalue weighted by atomic mass is 16.5. The van der Waals surface area contributed by atoms with Crippen LogP contribution in [0.25, 0.3) is 0 Å². The van der Waals surface area contributed by atoms with Gasteiger partial charge >= 0.3 is 0 Å². The predicted molar refractivity (Wildman–Crippen MR) is 72.3 cm³/mol. The number of fused-ring (bicyclic) bond motifs is 1. The molecule has 4 nitrogen and oxygen atoms in total. The fourth-order valence-electron chi connectivity index (χ4n) is 2.68.